The molecule has 0 aliphatic carbocycles. The third-order valence-corrected chi connectivity index (χ3v) is 0.555. The number of carbonyl (C=O) groups is 1. The molecule has 0 spiro atoms. The molecule has 4 nitrogen and oxygen atoms in total. The average molecular weight is 152 g/mol. The molecule has 0 N–H and O–H groups in total. The molecular formula is C4H6ClNO3. The third-order valence-electron chi connectivity index (χ3n) is 0.476. The molecular weight excluding hydrogens is 146 g/mol. The molecule has 0 amide bonds. The number of hydrogen-bond donors (Lipinski definition) is 0. The fourth-order valence-electron chi connectivity index (χ4n) is 0.213. The number of esters is 1. The summed E-state index contributed by atoms with van der Waals surface area (Å²) in [6.45, 7) is 1.39. The van der Waals surface area contributed by atoms with Crippen LogP contribution < -0.4 is 0 Å². The van der Waals surface area contributed by atoms with Crippen molar-refractivity contribution >= 4 is 24.0 Å². The predicted molar refractivity (Wildman–Crippen MR) is 32.1 cm³/mol. The van der Waals surface area contributed by atoms with Crippen LogP contribution in [0.1, 0.15) is 6.92 Å². The smallest absolute Gasteiger partial charge is 0.302 e. The second kappa shape index (κ2) is 5.37. The normalized spacial score (nSPS) is 9.56. The SMILES string of the molecule is CC(=O)OCC=NOCl. The van der Waals surface area contributed by atoms with Gasteiger partial charge in [0.1, 0.15) is 6.61 Å². The van der Waals surface area contributed by atoms with Crippen molar-refractivity contribution in [1.82, 2.24) is 0 Å². The second-order valence-corrected chi connectivity index (χ2v) is 1.30. The number of nitrogens with zero attached hydrogens (tertiary/aromatic N) is 1. The van der Waals surface area contributed by atoms with Gasteiger partial charge in [-0.25, -0.2) is 0 Å². The molecule has 0 saturated carbocycles. The Hall–Kier alpha value is -0.770. The number of halogens is 1. The summed E-state index contributed by atoms with van der Waals surface area (Å²) >= 11 is 4.68. The lowest BCUT2D eigenvalue weighted by atomic mass is 10.7. The Morgan fingerprint density at radius 3 is 3.00 bits per heavy atom. The molecule has 0 saturated heterocycles. The van der Waals surface area contributed by atoms with Crippen LogP contribution in [-0.2, 0) is 13.9 Å². The van der Waals surface area contributed by atoms with E-state index in [4.69, 9.17) is 0 Å². The summed E-state index contributed by atoms with van der Waals surface area (Å²) in [4.78, 5) is 10.0. The van der Waals surface area contributed by atoms with Gasteiger partial charge in [-0.1, -0.05) is 5.16 Å². The quantitative estimate of drug-likeness (QED) is 0.339. The van der Waals surface area contributed by atoms with E-state index in [-0.39, 0.29) is 12.6 Å². The molecule has 9 heavy (non-hydrogen) atoms. The van der Waals surface area contributed by atoms with Crippen LogP contribution in [0.2, 0.25) is 0 Å². The van der Waals surface area contributed by atoms with Gasteiger partial charge in [-0.05, 0) is 0 Å². The summed E-state index contributed by atoms with van der Waals surface area (Å²) in [5, 5.41) is 3.11. The molecule has 5 heteroatoms. The van der Waals surface area contributed by atoms with Gasteiger partial charge < -0.3 is 4.74 Å². The fourth-order valence-corrected chi connectivity index (χ4v) is 0.270. The highest BCUT2D eigenvalue weighted by Crippen LogP contribution is 1.78. The highest BCUT2D eigenvalue weighted by Gasteiger charge is 1.86. The molecule has 0 heterocycles. The van der Waals surface area contributed by atoms with E-state index in [9.17, 15) is 4.79 Å². The summed E-state index contributed by atoms with van der Waals surface area (Å²) in [7, 11) is 0. The van der Waals surface area contributed by atoms with E-state index in [1.165, 1.54) is 13.1 Å². The number of ether oxygens (including phenoxy) is 1. The van der Waals surface area contributed by atoms with Crippen molar-refractivity contribution in [3.05, 3.63) is 0 Å². The van der Waals surface area contributed by atoms with Gasteiger partial charge in [0.2, 0.25) is 0 Å². The van der Waals surface area contributed by atoms with Crippen molar-refractivity contribution in [3.63, 3.8) is 0 Å². The first-order chi connectivity index (χ1) is 4.27. The lowest BCUT2D eigenvalue weighted by molar-refractivity contribution is -0.139. The maximum absolute atomic E-state index is 10.0. The minimum atomic E-state index is -0.365. The van der Waals surface area contributed by atoms with Crippen LogP contribution in [0.5, 0.6) is 0 Å². The topological polar surface area (TPSA) is 47.9 Å². The van der Waals surface area contributed by atoms with E-state index >= 15 is 0 Å². The number of oxime groups is 1. The zero-order valence-corrected chi connectivity index (χ0v) is 5.59. The first kappa shape index (κ1) is 8.23. The Morgan fingerprint density at radius 1 is 1.89 bits per heavy atom. The van der Waals surface area contributed by atoms with Crippen LogP contribution in [0, 0.1) is 0 Å². The number of rotatable bonds is 3. The minimum absolute atomic E-state index is 0.0854. The van der Waals surface area contributed by atoms with Gasteiger partial charge in [-0.3, -0.25) is 9.18 Å². The van der Waals surface area contributed by atoms with Crippen molar-refractivity contribution in [2.75, 3.05) is 6.61 Å². The van der Waals surface area contributed by atoms with Crippen molar-refractivity contribution in [2.45, 2.75) is 6.92 Å². The molecule has 0 bridgehead atoms. The Balaban J connectivity index is 3.09. The van der Waals surface area contributed by atoms with E-state index in [0.29, 0.717) is 0 Å². The van der Waals surface area contributed by atoms with Crippen LogP contribution in [0.4, 0.5) is 0 Å². The maximum atomic E-state index is 10.0. The van der Waals surface area contributed by atoms with E-state index in [1.807, 2.05) is 0 Å². The Labute approximate surface area is 57.5 Å². The minimum Gasteiger partial charge on any atom is -0.460 e. The molecule has 0 unspecified atom stereocenters. The molecule has 0 aromatic heterocycles. The molecule has 0 aromatic carbocycles. The number of hydrogen-bond acceptors (Lipinski definition) is 4. The van der Waals surface area contributed by atoms with Gasteiger partial charge in [0.05, 0.1) is 6.21 Å². The van der Waals surface area contributed by atoms with E-state index in [1.54, 1.807) is 0 Å². The number of carbonyl (C=O) groups excluding carboxylic acids is 1. The van der Waals surface area contributed by atoms with Gasteiger partial charge in [0, 0.05) is 6.92 Å². The highest BCUT2D eigenvalue weighted by atomic mass is 35.5. The zero-order valence-electron chi connectivity index (χ0n) is 4.83. The van der Waals surface area contributed by atoms with Crippen LogP contribution in [0.3, 0.4) is 0 Å². The molecule has 0 fully saturated rings. The van der Waals surface area contributed by atoms with Crippen molar-refractivity contribution in [3.8, 4) is 0 Å². The van der Waals surface area contributed by atoms with Gasteiger partial charge in [-0.15, -0.1) is 0 Å². The summed E-state index contributed by atoms with van der Waals surface area (Å²) in [5.41, 5.74) is 0. The summed E-state index contributed by atoms with van der Waals surface area (Å²) in [6, 6.07) is 0. The highest BCUT2D eigenvalue weighted by molar-refractivity contribution is 6.07. The van der Waals surface area contributed by atoms with Crippen molar-refractivity contribution < 1.29 is 13.9 Å². The van der Waals surface area contributed by atoms with Crippen molar-refractivity contribution in [2.24, 2.45) is 5.16 Å². The molecule has 52 valence electrons. The average Bonchev–Trinajstić information content (AvgIpc) is 1.80. The largest absolute Gasteiger partial charge is 0.460 e. The van der Waals surface area contributed by atoms with E-state index < -0.39 is 0 Å². The van der Waals surface area contributed by atoms with Gasteiger partial charge >= 0.3 is 5.97 Å². The van der Waals surface area contributed by atoms with E-state index in [0.717, 1.165) is 0 Å². The van der Waals surface area contributed by atoms with Crippen LogP contribution in [0.15, 0.2) is 5.16 Å². The fraction of sp³-hybridized carbons (Fsp3) is 0.500. The lowest BCUT2D eigenvalue weighted by Gasteiger charge is -1.91. The molecule has 0 aliphatic rings. The zero-order chi connectivity index (χ0) is 7.11. The standard InChI is InChI=1S/C4H6ClNO3/c1-4(7)8-3-2-6-9-5/h2H,3H2,1H3. The molecule has 0 atom stereocenters. The monoisotopic (exact) mass is 151 g/mol. The second-order valence-electron chi connectivity index (χ2n) is 1.16. The lowest BCUT2D eigenvalue weighted by Crippen LogP contribution is -2.00. The first-order valence-electron chi connectivity index (χ1n) is 2.20. The predicted octanol–water partition coefficient (Wildman–Crippen LogP) is 0.706. The van der Waals surface area contributed by atoms with E-state index in [2.05, 4.69) is 26.1 Å². The molecule has 0 rings (SSSR count). The molecule has 0 aliphatic heterocycles. The van der Waals surface area contributed by atoms with Crippen LogP contribution in [-0.4, -0.2) is 18.8 Å². The third kappa shape index (κ3) is 7.23. The summed E-state index contributed by atoms with van der Waals surface area (Å²) < 4.78 is 8.19. The van der Waals surface area contributed by atoms with Gasteiger partial charge in [0.15, 0.2) is 11.9 Å². The summed E-state index contributed by atoms with van der Waals surface area (Å²) in [6.07, 6.45) is 1.23. The Kier molecular flexibility index (Phi) is 4.91. The van der Waals surface area contributed by atoms with Crippen LogP contribution in [0.25, 0.3) is 0 Å². The Bertz CT molecular complexity index is 114. The summed E-state index contributed by atoms with van der Waals surface area (Å²) in [5.74, 6) is -0.365. The Morgan fingerprint density at radius 2 is 2.56 bits per heavy atom. The van der Waals surface area contributed by atoms with Gasteiger partial charge in [0.25, 0.3) is 0 Å². The van der Waals surface area contributed by atoms with Crippen molar-refractivity contribution in [1.29, 1.82) is 0 Å². The molecule has 0 aromatic rings. The first-order valence-corrected chi connectivity index (χ1v) is 2.51. The van der Waals surface area contributed by atoms with Gasteiger partial charge in [-0.2, -0.15) is 0 Å². The molecule has 0 radical (unpaired) electrons. The van der Waals surface area contributed by atoms with Crippen LogP contribution >= 0.6 is 11.9 Å². The maximum Gasteiger partial charge on any atom is 0.302 e.